The summed E-state index contributed by atoms with van der Waals surface area (Å²) in [5.41, 5.74) is 0. The second-order valence-corrected chi connectivity index (χ2v) is 6.77. The predicted octanol–water partition coefficient (Wildman–Crippen LogP) is -0.326. The molecule has 0 saturated heterocycles. The lowest BCUT2D eigenvalue weighted by molar-refractivity contribution is -0.167. The van der Waals surface area contributed by atoms with Gasteiger partial charge in [-0.25, -0.2) is 13.8 Å². The zero-order valence-electron chi connectivity index (χ0n) is 17.4. The zero-order chi connectivity index (χ0) is 23.8. The third-order valence-corrected chi connectivity index (χ3v) is 3.95. The number of nitrogens with one attached hydrogen (secondary N) is 3. The van der Waals surface area contributed by atoms with Crippen LogP contribution in [0.3, 0.4) is 0 Å². The van der Waals surface area contributed by atoms with Crippen molar-refractivity contribution in [3.8, 4) is 0 Å². The molecule has 0 radical (unpaired) electrons. The fourth-order valence-corrected chi connectivity index (χ4v) is 2.19. The van der Waals surface area contributed by atoms with Crippen molar-refractivity contribution in [1.29, 1.82) is 0 Å². The van der Waals surface area contributed by atoms with Crippen molar-refractivity contribution in [2.24, 2.45) is 0 Å². The van der Waals surface area contributed by atoms with Gasteiger partial charge in [0, 0.05) is 52.2 Å². The van der Waals surface area contributed by atoms with Crippen molar-refractivity contribution in [3.63, 3.8) is 0 Å². The fourth-order valence-electron chi connectivity index (χ4n) is 2.19. The van der Waals surface area contributed by atoms with Gasteiger partial charge in [0.1, 0.15) is 12.3 Å². The molecule has 13 heteroatoms. The fraction of sp³-hybridized carbons (Fsp3) is 0.722. The summed E-state index contributed by atoms with van der Waals surface area (Å²) in [6.07, 6.45) is -4.40. The number of hydrogen-bond acceptors (Lipinski definition) is 6. The highest BCUT2D eigenvalue weighted by Gasteiger charge is 2.16. The Morgan fingerprint density at radius 3 is 1.97 bits per heavy atom. The van der Waals surface area contributed by atoms with Gasteiger partial charge in [0.05, 0.1) is 13.0 Å². The van der Waals surface area contributed by atoms with Crippen molar-refractivity contribution in [2.45, 2.75) is 57.8 Å². The van der Waals surface area contributed by atoms with Crippen LogP contribution in [0.2, 0.25) is 0 Å². The Balaban J connectivity index is 3.87. The van der Waals surface area contributed by atoms with E-state index in [1.54, 1.807) is 0 Å². The molecule has 178 valence electrons. The van der Waals surface area contributed by atoms with Gasteiger partial charge >= 0.3 is 5.97 Å². The van der Waals surface area contributed by atoms with Crippen LogP contribution in [0.15, 0.2) is 0 Å². The number of aliphatic carboxylic acids is 1. The number of carbonyl (C=O) groups is 5. The van der Waals surface area contributed by atoms with E-state index in [0.29, 0.717) is 0 Å². The number of carboxylic acid groups (broad SMARTS) is 1. The van der Waals surface area contributed by atoms with Crippen molar-refractivity contribution in [2.75, 3.05) is 26.2 Å². The van der Waals surface area contributed by atoms with E-state index < -0.39 is 48.9 Å². The second kappa shape index (κ2) is 15.9. The summed E-state index contributed by atoms with van der Waals surface area (Å²) in [5, 5.41) is 25.1. The smallest absolute Gasteiger partial charge is 0.303 e. The van der Waals surface area contributed by atoms with E-state index in [0.717, 1.165) is 0 Å². The number of rotatable bonds is 16. The molecule has 0 spiro atoms. The lowest BCUT2D eigenvalue weighted by Crippen LogP contribution is -2.35. The normalized spacial score (nSPS) is 12.4. The van der Waals surface area contributed by atoms with Crippen LogP contribution in [0, 0.1) is 0 Å². The average Bonchev–Trinajstić information content (AvgIpc) is 2.71. The third-order valence-electron chi connectivity index (χ3n) is 3.95. The molecule has 0 heterocycles. The molecule has 11 nitrogen and oxygen atoms in total. The molecule has 0 rings (SSSR count). The van der Waals surface area contributed by atoms with Crippen molar-refractivity contribution in [1.82, 2.24) is 21.0 Å². The maximum atomic E-state index is 13.8. The first-order chi connectivity index (χ1) is 14.5. The molecule has 0 aliphatic carbocycles. The molecule has 5 N–H and O–H groups in total. The number of carbonyl (C=O) groups excluding carboxylic acids is 4. The number of amides is 4. The molecular formula is C18H30F2N4O7. The van der Waals surface area contributed by atoms with E-state index in [-0.39, 0.29) is 62.8 Å². The van der Waals surface area contributed by atoms with Gasteiger partial charge in [0.25, 0.3) is 0 Å². The standard InChI is InChI=1S/C18H30F2N4O7/c1-12(25)22-10-13(19)6-8-21-15(26)2-3-16(27)23-11-14(20)7-9-24(31)17(28)4-5-18(29)30/h13-14,31H,2-11H2,1H3,(H,21,26)(H,22,25)(H,23,27)(H,29,30). The molecule has 4 amide bonds. The van der Waals surface area contributed by atoms with E-state index in [4.69, 9.17) is 5.11 Å². The summed E-state index contributed by atoms with van der Waals surface area (Å²) < 4.78 is 27.2. The first-order valence-corrected chi connectivity index (χ1v) is 9.78. The lowest BCUT2D eigenvalue weighted by atomic mass is 10.2. The van der Waals surface area contributed by atoms with Crippen LogP contribution in [0.25, 0.3) is 0 Å². The monoisotopic (exact) mass is 452 g/mol. The van der Waals surface area contributed by atoms with Crippen LogP contribution in [0.5, 0.6) is 0 Å². The number of carboxylic acids is 1. The molecule has 2 unspecified atom stereocenters. The molecule has 0 aliphatic rings. The van der Waals surface area contributed by atoms with Crippen LogP contribution in [-0.2, 0) is 24.0 Å². The Labute approximate surface area is 178 Å². The number of nitrogens with zero attached hydrogens (tertiary/aromatic N) is 1. The van der Waals surface area contributed by atoms with Gasteiger partial charge in [-0.3, -0.25) is 29.2 Å². The molecule has 0 saturated carbocycles. The largest absolute Gasteiger partial charge is 0.481 e. The third kappa shape index (κ3) is 16.6. The highest BCUT2D eigenvalue weighted by atomic mass is 19.1. The molecule has 31 heavy (non-hydrogen) atoms. The Morgan fingerprint density at radius 2 is 1.39 bits per heavy atom. The van der Waals surface area contributed by atoms with Gasteiger partial charge in [-0.2, -0.15) is 0 Å². The molecule has 0 aromatic carbocycles. The highest BCUT2D eigenvalue weighted by molar-refractivity contribution is 5.83. The van der Waals surface area contributed by atoms with Crippen molar-refractivity contribution >= 4 is 29.6 Å². The number of halogens is 2. The molecule has 0 bridgehead atoms. The van der Waals surface area contributed by atoms with Gasteiger partial charge < -0.3 is 21.1 Å². The SMILES string of the molecule is CC(=O)NCC(F)CCNC(=O)CCC(=O)NCC(F)CCN(O)C(=O)CCC(=O)O. The van der Waals surface area contributed by atoms with E-state index in [2.05, 4.69) is 16.0 Å². The predicted molar refractivity (Wildman–Crippen MR) is 103 cm³/mol. The maximum absolute atomic E-state index is 13.8. The summed E-state index contributed by atoms with van der Waals surface area (Å²) in [6, 6.07) is 0. The molecule has 0 fully saturated rings. The lowest BCUT2D eigenvalue weighted by Gasteiger charge is -2.16. The molecule has 0 aromatic rings. The van der Waals surface area contributed by atoms with Crippen LogP contribution >= 0.6 is 0 Å². The van der Waals surface area contributed by atoms with Crippen LogP contribution in [0.4, 0.5) is 8.78 Å². The van der Waals surface area contributed by atoms with Gasteiger partial charge in [-0.1, -0.05) is 0 Å². The Hall–Kier alpha value is -2.83. The van der Waals surface area contributed by atoms with E-state index in [9.17, 15) is 38.0 Å². The van der Waals surface area contributed by atoms with Crippen LogP contribution in [-0.4, -0.2) is 83.5 Å². The van der Waals surface area contributed by atoms with Crippen molar-refractivity contribution < 1.29 is 43.1 Å². The summed E-state index contributed by atoms with van der Waals surface area (Å²) >= 11 is 0. The number of hydrogen-bond donors (Lipinski definition) is 5. The van der Waals surface area contributed by atoms with Crippen LogP contribution < -0.4 is 16.0 Å². The van der Waals surface area contributed by atoms with E-state index >= 15 is 0 Å². The summed E-state index contributed by atoms with van der Waals surface area (Å²) in [7, 11) is 0. The summed E-state index contributed by atoms with van der Waals surface area (Å²) in [4.78, 5) is 55.7. The quantitative estimate of drug-likeness (QED) is 0.158. The first kappa shape index (κ1) is 28.2. The molecule has 0 aromatic heterocycles. The van der Waals surface area contributed by atoms with Gasteiger partial charge in [-0.15, -0.1) is 0 Å². The Morgan fingerprint density at radius 1 is 0.839 bits per heavy atom. The molecule has 2 atom stereocenters. The number of hydroxylamine groups is 2. The Kier molecular flexibility index (Phi) is 14.5. The minimum atomic E-state index is -1.57. The summed E-state index contributed by atoms with van der Waals surface area (Å²) in [5.74, 6) is -3.46. The highest BCUT2D eigenvalue weighted by Crippen LogP contribution is 2.02. The Bertz CT molecular complexity index is 622. The zero-order valence-corrected chi connectivity index (χ0v) is 17.4. The van der Waals surface area contributed by atoms with E-state index in [1.807, 2.05) is 0 Å². The molecular weight excluding hydrogens is 422 g/mol. The molecule has 0 aliphatic heterocycles. The minimum absolute atomic E-state index is 0.00241. The first-order valence-electron chi connectivity index (χ1n) is 9.78. The average molecular weight is 452 g/mol. The van der Waals surface area contributed by atoms with E-state index in [1.165, 1.54) is 6.92 Å². The van der Waals surface area contributed by atoms with Gasteiger partial charge in [0.2, 0.25) is 23.6 Å². The van der Waals surface area contributed by atoms with Gasteiger partial charge in [0.15, 0.2) is 0 Å². The second-order valence-electron chi connectivity index (χ2n) is 6.77. The maximum Gasteiger partial charge on any atom is 0.303 e. The minimum Gasteiger partial charge on any atom is -0.481 e. The van der Waals surface area contributed by atoms with Crippen molar-refractivity contribution in [3.05, 3.63) is 0 Å². The van der Waals surface area contributed by atoms with Gasteiger partial charge in [-0.05, 0) is 6.42 Å². The van der Waals surface area contributed by atoms with Crippen LogP contribution in [0.1, 0.15) is 45.4 Å². The number of alkyl halides is 2. The summed E-state index contributed by atoms with van der Waals surface area (Å²) in [6.45, 7) is 0.400. The topological polar surface area (TPSA) is 165 Å².